The van der Waals surface area contributed by atoms with Gasteiger partial charge in [0.05, 0.1) is 27.2 Å². The maximum Gasteiger partial charge on any atom is 0.281 e. The Balaban J connectivity index is 1.05. The molecule has 2 aliphatic heterocycles. The standard InChI is InChI=1S/C41H41N5O9/c1-52-28-16-12-26(13-17-28)41(25-8-4-3-5-9-25,27-14-18-29(53-2)19-15-27)54-22-32-34(47)35(48)40(55-32)46-24-42-33-36(46)43-23-44(39(33)51)20-21-45-37(49)30-10-6-7-11-31(30)38(45)50/h3-19,23-24,32,34-35,37-38,40,47-50H,20-22H2,1-2H3/t32-,34-,35-,37?,38?,40-/m1/s1. The molecular formula is C41H41N5O9. The van der Waals surface area contributed by atoms with Gasteiger partial charge in [-0.15, -0.1) is 0 Å². The molecule has 0 spiro atoms. The zero-order valence-corrected chi connectivity index (χ0v) is 30.1. The second kappa shape index (κ2) is 15.0. The van der Waals surface area contributed by atoms with Gasteiger partial charge in [-0.2, -0.15) is 0 Å². The smallest absolute Gasteiger partial charge is 0.281 e. The predicted molar refractivity (Wildman–Crippen MR) is 199 cm³/mol. The number of benzene rings is 4. The topological polar surface area (TPSA) is 174 Å². The van der Waals surface area contributed by atoms with E-state index in [9.17, 15) is 25.2 Å². The van der Waals surface area contributed by atoms with Crippen molar-refractivity contribution in [3.63, 3.8) is 0 Å². The van der Waals surface area contributed by atoms with Crippen molar-refractivity contribution in [3.8, 4) is 11.5 Å². The molecule has 0 radical (unpaired) electrons. The molecule has 2 aliphatic rings. The third-order valence-electron chi connectivity index (χ3n) is 10.6. The van der Waals surface area contributed by atoms with Gasteiger partial charge in [-0.25, -0.2) is 14.9 Å². The first-order chi connectivity index (χ1) is 26.7. The van der Waals surface area contributed by atoms with E-state index in [4.69, 9.17) is 18.9 Å². The molecule has 4 N–H and O–H groups in total. The highest BCUT2D eigenvalue weighted by Crippen LogP contribution is 2.43. The van der Waals surface area contributed by atoms with Gasteiger partial charge in [0.1, 0.15) is 54.2 Å². The number of aliphatic hydroxyl groups is 4. The minimum absolute atomic E-state index is 0.0281. The van der Waals surface area contributed by atoms with Crippen LogP contribution in [0.5, 0.6) is 11.5 Å². The summed E-state index contributed by atoms with van der Waals surface area (Å²) in [7, 11) is 3.20. The van der Waals surface area contributed by atoms with E-state index in [2.05, 4.69) is 9.97 Å². The number of hydrogen-bond acceptors (Lipinski definition) is 12. The van der Waals surface area contributed by atoms with Crippen molar-refractivity contribution in [1.29, 1.82) is 0 Å². The quantitative estimate of drug-likeness (QED) is 0.135. The van der Waals surface area contributed by atoms with Crippen LogP contribution in [0.3, 0.4) is 0 Å². The van der Waals surface area contributed by atoms with Gasteiger partial charge in [0, 0.05) is 24.2 Å². The Kier molecular flexibility index (Phi) is 9.96. The summed E-state index contributed by atoms with van der Waals surface area (Å²) in [4.78, 5) is 23.8. The molecule has 0 amide bonds. The third-order valence-corrected chi connectivity index (χ3v) is 10.6. The molecule has 0 bridgehead atoms. The fourth-order valence-corrected chi connectivity index (χ4v) is 7.61. The summed E-state index contributed by atoms with van der Waals surface area (Å²) in [5, 5.41) is 44.3. The highest BCUT2D eigenvalue weighted by Gasteiger charge is 2.47. The Labute approximate surface area is 316 Å². The van der Waals surface area contributed by atoms with Crippen LogP contribution < -0.4 is 15.0 Å². The fourth-order valence-electron chi connectivity index (χ4n) is 7.61. The highest BCUT2D eigenvalue weighted by molar-refractivity contribution is 5.69. The van der Waals surface area contributed by atoms with Crippen molar-refractivity contribution < 1.29 is 39.4 Å². The van der Waals surface area contributed by atoms with Crippen LogP contribution in [0.1, 0.15) is 46.5 Å². The minimum Gasteiger partial charge on any atom is -0.497 e. The second-order valence-corrected chi connectivity index (χ2v) is 13.5. The van der Waals surface area contributed by atoms with Crippen molar-refractivity contribution in [1.82, 2.24) is 24.0 Å². The first-order valence-electron chi connectivity index (χ1n) is 17.9. The normalized spacial score (nSPS) is 22.6. The Morgan fingerprint density at radius 1 is 0.691 bits per heavy atom. The van der Waals surface area contributed by atoms with Crippen LogP contribution in [-0.4, -0.2) is 90.1 Å². The zero-order valence-electron chi connectivity index (χ0n) is 30.1. The number of nitrogens with zero attached hydrogens (tertiary/aromatic N) is 5. The Morgan fingerprint density at radius 3 is 1.84 bits per heavy atom. The van der Waals surface area contributed by atoms with Crippen molar-refractivity contribution in [2.45, 2.75) is 49.1 Å². The van der Waals surface area contributed by atoms with Gasteiger partial charge in [-0.3, -0.25) is 13.9 Å². The number of aromatic nitrogens is 4. The molecule has 4 aromatic carbocycles. The van der Waals surface area contributed by atoms with E-state index in [-0.39, 0.29) is 30.9 Å². The summed E-state index contributed by atoms with van der Waals surface area (Å²) < 4.78 is 26.9. The summed E-state index contributed by atoms with van der Waals surface area (Å²) >= 11 is 0. The molecule has 14 nitrogen and oxygen atoms in total. The first kappa shape index (κ1) is 36.5. The lowest BCUT2D eigenvalue weighted by Gasteiger charge is -2.37. The van der Waals surface area contributed by atoms with Crippen molar-refractivity contribution in [2.24, 2.45) is 0 Å². The van der Waals surface area contributed by atoms with E-state index in [1.807, 2.05) is 78.9 Å². The zero-order chi connectivity index (χ0) is 38.3. The molecule has 2 unspecified atom stereocenters. The summed E-state index contributed by atoms with van der Waals surface area (Å²) in [5.74, 6) is 1.34. The number of fused-ring (bicyclic) bond motifs is 2. The molecule has 0 aliphatic carbocycles. The first-order valence-corrected chi connectivity index (χ1v) is 17.9. The molecule has 284 valence electrons. The molecule has 2 aromatic heterocycles. The largest absolute Gasteiger partial charge is 0.497 e. The summed E-state index contributed by atoms with van der Waals surface area (Å²) in [6.45, 7) is 0.121. The molecule has 0 saturated carbocycles. The summed E-state index contributed by atoms with van der Waals surface area (Å²) in [6, 6.07) is 31.9. The molecule has 6 aromatic rings. The molecule has 6 atom stereocenters. The van der Waals surface area contributed by atoms with E-state index < -0.39 is 48.2 Å². The predicted octanol–water partition coefficient (Wildman–Crippen LogP) is 3.24. The van der Waals surface area contributed by atoms with Crippen LogP contribution in [-0.2, 0) is 21.6 Å². The average Bonchev–Trinajstić information content (AvgIpc) is 3.86. The monoisotopic (exact) mass is 747 g/mol. The van der Waals surface area contributed by atoms with Crippen molar-refractivity contribution in [2.75, 3.05) is 27.4 Å². The molecule has 55 heavy (non-hydrogen) atoms. The van der Waals surface area contributed by atoms with Crippen LogP contribution in [0.4, 0.5) is 0 Å². The molecular weight excluding hydrogens is 706 g/mol. The highest BCUT2D eigenvalue weighted by atomic mass is 16.6. The minimum atomic E-state index is -1.41. The number of methoxy groups -OCH3 is 2. The summed E-state index contributed by atoms with van der Waals surface area (Å²) in [6.07, 6.45) is -4.27. The Bertz CT molecular complexity index is 2240. The number of rotatable bonds is 12. The Morgan fingerprint density at radius 2 is 1.25 bits per heavy atom. The van der Waals surface area contributed by atoms with E-state index in [1.165, 1.54) is 26.7 Å². The Hall–Kier alpha value is -5.45. The number of ether oxygens (including phenoxy) is 4. The molecule has 1 saturated heterocycles. The number of hydrogen-bond donors (Lipinski definition) is 4. The van der Waals surface area contributed by atoms with Crippen LogP contribution >= 0.6 is 0 Å². The maximum atomic E-state index is 13.6. The van der Waals surface area contributed by atoms with Gasteiger partial charge >= 0.3 is 0 Å². The van der Waals surface area contributed by atoms with E-state index >= 15 is 0 Å². The van der Waals surface area contributed by atoms with Gasteiger partial charge in [0.2, 0.25) is 0 Å². The SMILES string of the molecule is COc1ccc(C(OC[C@H]2O[C@@H](n3cnc4c(=O)n(CCN5C(O)c6ccccc6C5O)cnc43)[C@H](O)[C@@H]2O)(c2ccccc2)c2ccc(OC)cc2)cc1. The summed E-state index contributed by atoms with van der Waals surface area (Å²) in [5.41, 5.74) is 2.15. The lowest BCUT2D eigenvalue weighted by molar-refractivity contribution is -0.0942. The number of aliphatic hydroxyl groups excluding tert-OH is 4. The molecule has 8 rings (SSSR count). The molecule has 14 heteroatoms. The average molecular weight is 748 g/mol. The van der Waals surface area contributed by atoms with Crippen LogP contribution in [0.25, 0.3) is 11.2 Å². The van der Waals surface area contributed by atoms with Crippen molar-refractivity contribution >= 4 is 11.2 Å². The fraction of sp³-hybridized carbons (Fsp3) is 0.293. The van der Waals surface area contributed by atoms with E-state index in [0.717, 1.165) is 16.7 Å². The lowest BCUT2D eigenvalue weighted by atomic mass is 9.80. The maximum absolute atomic E-state index is 13.6. The molecule has 1 fully saturated rings. The number of imidazole rings is 1. The lowest BCUT2D eigenvalue weighted by Crippen LogP contribution is -2.39. The van der Waals surface area contributed by atoms with Gasteiger partial charge in [-0.1, -0.05) is 78.9 Å². The second-order valence-electron chi connectivity index (χ2n) is 13.5. The van der Waals surface area contributed by atoms with Gasteiger partial charge in [0.25, 0.3) is 5.56 Å². The van der Waals surface area contributed by atoms with Crippen LogP contribution in [0, 0.1) is 0 Å². The van der Waals surface area contributed by atoms with Crippen LogP contribution in [0.2, 0.25) is 0 Å². The van der Waals surface area contributed by atoms with E-state index in [1.54, 1.807) is 38.5 Å². The van der Waals surface area contributed by atoms with Gasteiger partial charge in [0.15, 0.2) is 17.4 Å². The third kappa shape index (κ3) is 6.37. The van der Waals surface area contributed by atoms with E-state index in [0.29, 0.717) is 22.6 Å². The molecule has 4 heterocycles. The van der Waals surface area contributed by atoms with Gasteiger partial charge in [-0.05, 0) is 41.0 Å². The van der Waals surface area contributed by atoms with Crippen molar-refractivity contribution in [3.05, 3.63) is 154 Å². The van der Waals surface area contributed by atoms with Crippen LogP contribution in [0.15, 0.2) is 121 Å². The van der Waals surface area contributed by atoms with Gasteiger partial charge < -0.3 is 39.4 Å².